The first-order valence-corrected chi connectivity index (χ1v) is 19.0. The maximum atomic E-state index is 6.83. The highest BCUT2D eigenvalue weighted by molar-refractivity contribution is 6.32. The van der Waals surface area contributed by atoms with Crippen LogP contribution in [0.25, 0.3) is 120 Å². The van der Waals surface area contributed by atoms with Gasteiger partial charge in [-0.25, -0.2) is 0 Å². The van der Waals surface area contributed by atoms with Crippen LogP contribution in [0.5, 0.6) is 0 Å². The van der Waals surface area contributed by atoms with E-state index in [4.69, 9.17) is 4.42 Å². The van der Waals surface area contributed by atoms with Gasteiger partial charge < -0.3 is 4.42 Å². The minimum Gasteiger partial charge on any atom is -0.455 e. The van der Waals surface area contributed by atoms with Gasteiger partial charge in [0.05, 0.1) is 0 Å². The molecule has 1 heterocycles. The molecule has 55 heavy (non-hydrogen) atoms. The summed E-state index contributed by atoms with van der Waals surface area (Å²) in [4.78, 5) is 0. The molecule has 1 heteroatoms. The molecule has 0 spiro atoms. The summed E-state index contributed by atoms with van der Waals surface area (Å²) in [5.41, 5.74) is 9.32. The Hall–Kier alpha value is -7.22. The van der Waals surface area contributed by atoms with Crippen molar-refractivity contribution in [3.8, 4) is 33.4 Å². The molecular formula is C54H32O. The SMILES string of the molecule is c1ccc2c(-c3c4ccccc4c(-c4ccc(-c5ccc6c(ccc7c6oc6c8ccccc8c8ccccc8c76)c5)cc4)c4ccccc34)cccc2c1. The number of benzene rings is 11. The predicted molar refractivity (Wildman–Crippen MR) is 235 cm³/mol. The van der Waals surface area contributed by atoms with Crippen LogP contribution >= 0.6 is 0 Å². The molecule has 0 saturated heterocycles. The van der Waals surface area contributed by atoms with E-state index < -0.39 is 0 Å². The summed E-state index contributed by atoms with van der Waals surface area (Å²) in [6, 6.07) is 70.9. The molecule has 0 amide bonds. The van der Waals surface area contributed by atoms with Gasteiger partial charge in [-0.15, -0.1) is 0 Å². The molecule has 0 N–H and O–H groups in total. The highest BCUT2D eigenvalue weighted by atomic mass is 16.3. The molecule has 0 radical (unpaired) electrons. The molecule has 12 rings (SSSR count). The van der Waals surface area contributed by atoms with E-state index in [-0.39, 0.29) is 0 Å². The number of hydrogen-bond donors (Lipinski definition) is 0. The van der Waals surface area contributed by atoms with Gasteiger partial charge >= 0.3 is 0 Å². The first kappa shape index (κ1) is 30.3. The third-order valence-electron chi connectivity index (χ3n) is 11.8. The van der Waals surface area contributed by atoms with Gasteiger partial charge in [0.25, 0.3) is 0 Å². The van der Waals surface area contributed by atoms with Crippen LogP contribution in [0.15, 0.2) is 199 Å². The summed E-state index contributed by atoms with van der Waals surface area (Å²) in [6.45, 7) is 0. The summed E-state index contributed by atoms with van der Waals surface area (Å²) in [5.74, 6) is 0. The molecule has 0 fully saturated rings. The molecule has 1 aromatic heterocycles. The molecule has 0 aliphatic carbocycles. The third kappa shape index (κ3) is 4.41. The molecule has 11 aromatic carbocycles. The Kier molecular flexibility index (Phi) is 6.40. The van der Waals surface area contributed by atoms with E-state index in [1.165, 1.54) is 92.6 Å². The maximum absolute atomic E-state index is 6.83. The van der Waals surface area contributed by atoms with Crippen molar-refractivity contribution in [2.75, 3.05) is 0 Å². The minimum atomic E-state index is 0.946. The second-order valence-corrected chi connectivity index (χ2v) is 14.7. The van der Waals surface area contributed by atoms with Crippen molar-refractivity contribution < 1.29 is 4.42 Å². The molecule has 1 nitrogen and oxygen atoms in total. The Balaban J connectivity index is 1.00. The average Bonchev–Trinajstić information content (AvgIpc) is 3.66. The van der Waals surface area contributed by atoms with E-state index in [1.54, 1.807) is 0 Å². The van der Waals surface area contributed by atoms with Gasteiger partial charge in [-0.05, 0) is 105 Å². The van der Waals surface area contributed by atoms with E-state index in [0.717, 1.165) is 27.3 Å². The fraction of sp³-hybridized carbons (Fsp3) is 0. The van der Waals surface area contributed by atoms with Gasteiger partial charge in [0.15, 0.2) is 0 Å². The Morgan fingerprint density at radius 2 is 0.764 bits per heavy atom. The summed E-state index contributed by atoms with van der Waals surface area (Å²) in [5, 5.41) is 17.1. The van der Waals surface area contributed by atoms with E-state index in [0.29, 0.717) is 0 Å². The second kappa shape index (κ2) is 11.6. The van der Waals surface area contributed by atoms with Crippen molar-refractivity contribution in [3.63, 3.8) is 0 Å². The Morgan fingerprint density at radius 1 is 0.255 bits per heavy atom. The maximum Gasteiger partial charge on any atom is 0.143 e. The lowest BCUT2D eigenvalue weighted by Crippen LogP contribution is -1.91. The molecule has 0 atom stereocenters. The monoisotopic (exact) mass is 696 g/mol. The Labute approximate surface area is 317 Å². The predicted octanol–water partition coefficient (Wildman–Crippen LogP) is 15.5. The number of rotatable bonds is 3. The van der Waals surface area contributed by atoms with Gasteiger partial charge in [0.2, 0.25) is 0 Å². The summed E-state index contributed by atoms with van der Waals surface area (Å²) in [7, 11) is 0. The largest absolute Gasteiger partial charge is 0.455 e. The zero-order valence-corrected chi connectivity index (χ0v) is 29.9. The lowest BCUT2D eigenvalue weighted by atomic mass is 9.84. The first-order valence-electron chi connectivity index (χ1n) is 19.0. The van der Waals surface area contributed by atoms with Crippen molar-refractivity contribution in [1.82, 2.24) is 0 Å². The van der Waals surface area contributed by atoms with Crippen LogP contribution in [0.4, 0.5) is 0 Å². The van der Waals surface area contributed by atoms with E-state index in [2.05, 4.69) is 194 Å². The van der Waals surface area contributed by atoms with Gasteiger partial charge in [0, 0.05) is 21.5 Å². The average molecular weight is 697 g/mol. The van der Waals surface area contributed by atoms with Crippen LogP contribution < -0.4 is 0 Å². The van der Waals surface area contributed by atoms with Crippen LogP contribution in [0.1, 0.15) is 0 Å². The quantitative estimate of drug-likeness (QED) is 0.132. The van der Waals surface area contributed by atoms with Gasteiger partial charge in [-0.3, -0.25) is 0 Å². The zero-order chi connectivity index (χ0) is 36.0. The zero-order valence-electron chi connectivity index (χ0n) is 29.9. The number of fused-ring (bicyclic) bond motifs is 13. The Bertz CT molecular complexity index is 3470. The fourth-order valence-electron chi connectivity index (χ4n) is 9.37. The molecular weight excluding hydrogens is 665 g/mol. The molecule has 0 saturated carbocycles. The lowest BCUT2D eigenvalue weighted by Gasteiger charge is -2.19. The molecule has 12 aromatic rings. The van der Waals surface area contributed by atoms with Crippen molar-refractivity contribution in [1.29, 1.82) is 0 Å². The van der Waals surface area contributed by atoms with Gasteiger partial charge in [-0.2, -0.15) is 0 Å². The fourth-order valence-corrected chi connectivity index (χ4v) is 9.37. The van der Waals surface area contributed by atoms with Gasteiger partial charge in [0.1, 0.15) is 11.2 Å². The Morgan fingerprint density at radius 3 is 1.47 bits per heavy atom. The molecule has 0 aliphatic rings. The second-order valence-electron chi connectivity index (χ2n) is 14.7. The lowest BCUT2D eigenvalue weighted by molar-refractivity contribution is 0.676. The van der Waals surface area contributed by atoms with Crippen molar-refractivity contribution in [2.24, 2.45) is 0 Å². The topological polar surface area (TPSA) is 13.1 Å². The molecule has 0 unspecified atom stereocenters. The van der Waals surface area contributed by atoms with Crippen LogP contribution in [0.3, 0.4) is 0 Å². The normalized spacial score (nSPS) is 12.0. The summed E-state index contributed by atoms with van der Waals surface area (Å²) in [6.07, 6.45) is 0. The van der Waals surface area contributed by atoms with Crippen LogP contribution in [0.2, 0.25) is 0 Å². The van der Waals surface area contributed by atoms with Crippen LogP contribution in [0, 0.1) is 0 Å². The summed E-state index contributed by atoms with van der Waals surface area (Å²) < 4.78 is 6.83. The number of furan rings is 1. The van der Waals surface area contributed by atoms with Gasteiger partial charge in [-0.1, -0.05) is 176 Å². The number of hydrogen-bond acceptors (Lipinski definition) is 1. The first-order chi connectivity index (χ1) is 27.3. The minimum absolute atomic E-state index is 0.946. The van der Waals surface area contributed by atoms with Crippen LogP contribution in [-0.2, 0) is 0 Å². The molecule has 0 aliphatic heterocycles. The summed E-state index contributed by atoms with van der Waals surface area (Å²) >= 11 is 0. The van der Waals surface area contributed by atoms with Crippen LogP contribution in [-0.4, -0.2) is 0 Å². The standard InChI is InChI=1S/C54H32O/c1-2-14-38-34(12-1)13-11-23-42(38)51-46-20-8-6-18-44(46)50(45-19-7-9-21-47(45)51)35-26-24-33(25-27-35)36-28-30-39-37(32-36)29-31-49-52-43-17-5-3-15-40(43)41-16-4-10-22-48(41)54(52)55-53(39)49/h1-32H. The van der Waals surface area contributed by atoms with E-state index in [1.807, 2.05) is 0 Å². The highest BCUT2D eigenvalue weighted by Crippen LogP contribution is 2.46. The smallest absolute Gasteiger partial charge is 0.143 e. The van der Waals surface area contributed by atoms with Crippen molar-refractivity contribution in [2.45, 2.75) is 0 Å². The molecule has 0 bridgehead atoms. The van der Waals surface area contributed by atoms with Crippen molar-refractivity contribution >= 4 is 86.6 Å². The van der Waals surface area contributed by atoms with E-state index in [9.17, 15) is 0 Å². The highest BCUT2D eigenvalue weighted by Gasteiger charge is 2.19. The van der Waals surface area contributed by atoms with E-state index >= 15 is 0 Å². The molecule has 254 valence electrons. The third-order valence-corrected chi connectivity index (χ3v) is 11.8. The van der Waals surface area contributed by atoms with Crippen molar-refractivity contribution in [3.05, 3.63) is 194 Å².